The molecule has 0 bridgehead atoms. The average molecular weight is 532 g/mol. The summed E-state index contributed by atoms with van der Waals surface area (Å²) in [6, 6.07) is 20.2. The van der Waals surface area contributed by atoms with E-state index in [9.17, 15) is 9.59 Å². The molecule has 0 aliphatic carbocycles. The number of anilines is 1. The van der Waals surface area contributed by atoms with Gasteiger partial charge >= 0.3 is 5.65 Å². The molecule has 198 valence electrons. The number of nitrogens with one attached hydrogen (secondary N) is 2. The van der Waals surface area contributed by atoms with Crippen LogP contribution in [0, 0.1) is 0 Å². The SMILES string of the molecule is CC(NC(=O)c1c(N)[nH][n+]2cccnc12)c1cc2cccc(C=Cc3ccn(C)n3)c2c(=O)n1-c1ccccc1. The van der Waals surface area contributed by atoms with Crippen molar-refractivity contribution in [3.63, 3.8) is 0 Å². The number of aromatic nitrogens is 6. The molecule has 4 aromatic heterocycles. The molecule has 10 heteroatoms. The van der Waals surface area contributed by atoms with E-state index < -0.39 is 11.9 Å². The fourth-order valence-electron chi connectivity index (χ4n) is 4.93. The van der Waals surface area contributed by atoms with Gasteiger partial charge in [0.05, 0.1) is 17.1 Å². The number of aromatic amines is 1. The number of hydrogen-bond acceptors (Lipinski definition) is 5. The van der Waals surface area contributed by atoms with Gasteiger partial charge in [0, 0.05) is 30.7 Å². The molecule has 4 heterocycles. The number of pyridine rings is 1. The molecule has 0 aliphatic rings. The van der Waals surface area contributed by atoms with Crippen LogP contribution in [-0.4, -0.2) is 30.3 Å². The number of para-hydroxylation sites is 1. The Morgan fingerprint density at radius 1 is 1.10 bits per heavy atom. The van der Waals surface area contributed by atoms with Crippen LogP contribution in [-0.2, 0) is 7.05 Å². The summed E-state index contributed by atoms with van der Waals surface area (Å²) < 4.78 is 4.97. The first-order valence-corrected chi connectivity index (χ1v) is 12.8. The van der Waals surface area contributed by atoms with Crippen molar-refractivity contribution < 1.29 is 9.31 Å². The van der Waals surface area contributed by atoms with Crippen molar-refractivity contribution >= 4 is 40.3 Å². The molecule has 2 aromatic carbocycles. The van der Waals surface area contributed by atoms with Crippen molar-refractivity contribution in [3.8, 4) is 5.69 Å². The fourth-order valence-corrected chi connectivity index (χ4v) is 4.93. The van der Waals surface area contributed by atoms with Gasteiger partial charge < -0.3 is 11.1 Å². The van der Waals surface area contributed by atoms with E-state index >= 15 is 0 Å². The summed E-state index contributed by atoms with van der Waals surface area (Å²) in [5.74, 6) is -0.201. The Bertz CT molecular complexity index is 1970. The standard InChI is InChI=1S/C30H26N8O2/c1-19(33-29(39)26-27(31)35-37-16-7-15-32-28(26)37)24-18-21-9-6-8-20(12-13-22-14-17-36(2)34-22)25(21)30(40)38(24)23-10-4-3-5-11-23/h3-19H,1-2H3,(H3,31,33,35,39)/p+1. The normalized spacial score (nSPS) is 12.3. The zero-order valence-corrected chi connectivity index (χ0v) is 21.9. The van der Waals surface area contributed by atoms with Crippen molar-refractivity contribution in [2.45, 2.75) is 13.0 Å². The van der Waals surface area contributed by atoms with E-state index in [4.69, 9.17) is 5.73 Å². The number of carbonyl (C=O) groups is 1. The second-order valence-electron chi connectivity index (χ2n) is 9.51. The maximum atomic E-state index is 14.2. The van der Waals surface area contributed by atoms with Crippen LogP contribution < -0.4 is 21.1 Å². The summed E-state index contributed by atoms with van der Waals surface area (Å²) in [6.45, 7) is 1.84. The highest BCUT2D eigenvalue weighted by atomic mass is 16.2. The third-order valence-electron chi connectivity index (χ3n) is 6.79. The van der Waals surface area contributed by atoms with E-state index in [-0.39, 0.29) is 16.9 Å². The molecule has 1 atom stereocenters. The summed E-state index contributed by atoms with van der Waals surface area (Å²) in [7, 11) is 1.86. The fraction of sp³-hybridized carbons (Fsp3) is 0.100. The van der Waals surface area contributed by atoms with Crippen LogP contribution in [0.2, 0.25) is 0 Å². The highest BCUT2D eigenvalue weighted by Crippen LogP contribution is 2.25. The maximum Gasteiger partial charge on any atom is 0.362 e. The number of benzene rings is 2. The number of carbonyl (C=O) groups excluding carboxylic acids is 1. The third kappa shape index (κ3) is 4.41. The largest absolute Gasteiger partial charge is 0.382 e. The Labute approximate surface area is 229 Å². The van der Waals surface area contributed by atoms with Gasteiger partial charge in [-0.15, -0.1) is 4.52 Å². The molecule has 1 unspecified atom stereocenters. The summed E-state index contributed by atoms with van der Waals surface area (Å²) in [6.07, 6.45) is 8.98. The van der Waals surface area contributed by atoms with Crippen molar-refractivity contribution in [1.82, 2.24) is 29.7 Å². The number of aryl methyl sites for hydroxylation is 1. The summed E-state index contributed by atoms with van der Waals surface area (Å²) in [5, 5.41) is 11.7. The Morgan fingerprint density at radius 3 is 2.70 bits per heavy atom. The van der Waals surface area contributed by atoms with E-state index in [1.807, 2.05) is 93.0 Å². The van der Waals surface area contributed by atoms with Crippen molar-refractivity contribution in [2.75, 3.05) is 5.73 Å². The second kappa shape index (κ2) is 9.99. The first-order valence-electron chi connectivity index (χ1n) is 12.8. The van der Waals surface area contributed by atoms with Crippen LogP contribution in [0.15, 0.2) is 90.1 Å². The average Bonchev–Trinajstić information content (AvgIpc) is 3.53. The lowest BCUT2D eigenvalue weighted by atomic mass is 10.0. The number of fused-ring (bicyclic) bond motifs is 2. The number of nitrogens with two attached hydrogens (primary N) is 1. The molecule has 0 spiro atoms. The Hall–Kier alpha value is -5.51. The van der Waals surface area contributed by atoms with Crippen LogP contribution in [0.25, 0.3) is 34.3 Å². The number of nitrogen functional groups attached to an aromatic ring is 1. The Balaban J connectivity index is 1.46. The van der Waals surface area contributed by atoms with Gasteiger partial charge in [0.2, 0.25) is 0 Å². The minimum Gasteiger partial charge on any atom is -0.382 e. The zero-order chi connectivity index (χ0) is 27.8. The van der Waals surface area contributed by atoms with E-state index in [0.717, 1.165) is 16.6 Å². The van der Waals surface area contributed by atoms with Crippen LogP contribution in [0.3, 0.4) is 0 Å². The van der Waals surface area contributed by atoms with Crippen molar-refractivity contribution in [2.24, 2.45) is 7.05 Å². The van der Waals surface area contributed by atoms with Gasteiger partial charge in [0.1, 0.15) is 12.4 Å². The summed E-state index contributed by atoms with van der Waals surface area (Å²) >= 11 is 0. The molecule has 6 aromatic rings. The highest BCUT2D eigenvalue weighted by Gasteiger charge is 2.27. The van der Waals surface area contributed by atoms with Gasteiger partial charge in [0.15, 0.2) is 11.4 Å². The topological polar surface area (TPSA) is 128 Å². The lowest BCUT2D eigenvalue weighted by Crippen LogP contribution is -2.33. The lowest BCUT2D eigenvalue weighted by Gasteiger charge is -2.21. The molecule has 0 saturated carbocycles. The molecule has 1 amide bonds. The molecule has 0 fully saturated rings. The van der Waals surface area contributed by atoms with E-state index in [1.165, 1.54) is 0 Å². The minimum atomic E-state index is -0.546. The van der Waals surface area contributed by atoms with Crippen LogP contribution in [0.4, 0.5) is 5.82 Å². The third-order valence-corrected chi connectivity index (χ3v) is 6.79. The van der Waals surface area contributed by atoms with E-state index in [1.54, 1.807) is 32.2 Å². The van der Waals surface area contributed by atoms with Crippen LogP contribution in [0.1, 0.15) is 40.3 Å². The lowest BCUT2D eigenvalue weighted by molar-refractivity contribution is -0.577. The number of nitrogens with zero attached hydrogens (tertiary/aromatic N) is 5. The second-order valence-corrected chi connectivity index (χ2v) is 9.51. The Morgan fingerprint density at radius 2 is 1.93 bits per heavy atom. The molecule has 6 rings (SSSR count). The smallest absolute Gasteiger partial charge is 0.362 e. The minimum absolute atomic E-state index is 0.190. The number of hydrogen-bond donors (Lipinski definition) is 3. The van der Waals surface area contributed by atoms with E-state index in [2.05, 4.69) is 20.5 Å². The van der Waals surface area contributed by atoms with Gasteiger partial charge in [-0.1, -0.05) is 42.5 Å². The molecular weight excluding hydrogens is 504 g/mol. The monoisotopic (exact) mass is 531 g/mol. The van der Waals surface area contributed by atoms with Gasteiger partial charge in [-0.25, -0.2) is 5.10 Å². The molecule has 0 saturated heterocycles. The maximum absolute atomic E-state index is 14.2. The zero-order valence-electron chi connectivity index (χ0n) is 21.9. The Kier molecular flexibility index (Phi) is 6.19. The molecule has 10 nitrogen and oxygen atoms in total. The number of amides is 1. The summed E-state index contributed by atoms with van der Waals surface area (Å²) in [5.41, 5.74) is 9.48. The van der Waals surface area contributed by atoms with Gasteiger partial charge in [-0.2, -0.15) is 5.10 Å². The van der Waals surface area contributed by atoms with Crippen LogP contribution >= 0.6 is 0 Å². The number of rotatable bonds is 6. The number of H-pyrrole nitrogens is 1. The molecule has 40 heavy (non-hydrogen) atoms. The van der Waals surface area contributed by atoms with Gasteiger partial charge in [-0.05, 0) is 53.2 Å². The summed E-state index contributed by atoms with van der Waals surface area (Å²) in [4.78, 5) is 31.9. The van der Waals surface area contributed by atoms with E-state index in [0.29, 0.717) is 22.4 Å². The van der Waals surface area contributed by atoms with Gasteiger partial charge in [0.25, 0.3) is 11.5 Å². The molecule has 0 radical (unpaired) electrons. The quantitative estimate of drug-likeness (QED) is 0.284. The first-order chi connectivity index (χ1) is 19.4. The molecule has 0 aliphatic heterocycles. The van der Waals surface area contributed by atoms with Crippen molar-refractivity contribution in [1.29, 1.82) is 0 Å². The first kappa shape index (κ1) is 24.8. The predicted octanol–water partition coefficient (Wildman–Crippen LogP) is 3.43. The molecule has 4 N–H and O–H groups in total. The highest BCUT2D eigenvalue weighted by molar-refractivity contribution is 6.03. The van der Waals surface area contributed by atoms with Crippen molar-refractivity contribution in [3.05, 3.63) is 118 Å². The molecular formula is C30H27N8O2+. The predicted molar refractivity (Wildman–Crippen MR) is 154 cm³/mol. The van der Waals surface area contributed by atoms with Crippen LogP contribution in [0.5, 0.6) is 0 Å². The van der Waals surface area contributed by atoms with Gasteiger partial charge in [-0.3, -0.25) is 18.8 Å².